The lowest BCUT2D eigenvalue weighted by Crippen LogP contribution is -2.43. The summed E-state index contributed by atoms with van der Waals surface area (Å²) in [5.41, 5.74) is 6.73. The number of H-pyrrole nitrogens is 1. The molecule has 5 nitrogen and oxygen atoms in total. The van der Waals surface area contributed by atoms with E-state index in [1.54, 1.807) is 24.3 Å². The predicted octanol–water partition coefficient (Wildman–Crippen LogP) is 6.82. The van der Waals surface area contributed by atoms with Crippen molar-refractivity contribution in [1.29, 1.82) is 0 Å². The largest absolute Gasteiger partial charge is 0.459 e. The predicted molar refractivity (Wildman–Crippen MR) is 149 cm³/mol. The maximum absolute atomic E-state index is 13.4. The number of amides is 1. The van der Waals surface area contributed by atoms with Gasteiger partial charge in [-0.05, 0) is 77.4 Å². The maximum atomic E-state index is 13.4. The monoisotopic (exact) mass is 516 g/mol. The molecule has 0 spiro atoms. The molecule has 0 saturated carbocycles. The number of aryl methyl sites for hydroxylation is 2. The van der Waals surface area contributed by atoms with Crippen LogP contribution >= 0.6 is 11.6 Å². The molecule has 4 rings (SSSR count). The van der Waals surface area contributed by atoms with Crippen molar-refractivity contribution in [1.82, 2.24) is 10.3 Å². The first-order chi connectivity index (χ1) is 17.5. The molecule has 0 fully saturated rings. The Balaban J connectivity index is 1.56. The fraction of sp³-hybridized carbons (Fsp3) is 0.290. The topological polar surface area (TPSA) is 71.2 Å². The number of ether oxygens (including phenoxy) is 1. The molecule has 1 unspecified atom stereocenters. The van der Waals surface area contributed by atoms with Crippen molar-refractivity contribution in [3.8, 4) is 0 Å². The fourth-order valence-corrected chi connectivity index (χ4v) is 4.58. The van der Waals surface area contributed by atoms with Crippen LogP contribution in [0.5, 0.6) is 0 Å². The van der Waals surface area contributed by atoms with Gasteiger partial charge < -0.3 is 15.0 Å². The molecule has 0 saturated heterocycles. The van der Waals surface area contributed by atoms with Crippen molar-refractivity contribution >= 4 is 34.4 Å². The SMILES string of the molecule is Cc1cc(C(C)(C)C)cc(C)c1COC(=O)C(Cc1c[nH]c2ccccc12)NC(=O)c1ccc(Cl)cc1. The second-order valence-electron chi connectivity index (χ2n) is 10.5. The summed E-state index contributed by atoms with van der Waals surface area (Å²) in [6.45, 7) is 10.8. The molecule has 0 aliphatic heterocycles. The zero-order chi connectivity index (χ0) is 26.7. The highest BCUT2D eigenvalue weighted by Crippen LogP contribution is 2.27. The van der Waals surface area contributed by atoms with Gasteiger partial charge in [-0.2, -0.15) is 0 Å². The Morgan fingerprint density at radius 2 is 1.65 bits per heavy atom. The molecule has 1 amide bonds. The summed E-state index contributed by atoms with van der Waals surface area (Å²) in [5, 5.41) is 4.42. The minimum Gasteiger partial charge on any atom is -0.459 e. The lowest BCUT2D eigenvalue weighted by atomic mass is 9.84. The second-order valence-corrected chi connectivity index (χ2v) is 11.0. The molecule has 192 valence electrons. The van der Waals surface area contributed by atoms with Crippen LogP contribution in [0.15, 0.2) is 66.9 Å². The molecule has 1 atom stereocenters. The molecule has 0 aliphatic rings. The van der Waals surface area contributed by atoms with Crippen LogP contribution in [0.25, 0.3) is 10.9 Å². The number of para-hydroxylation sites is 1. The smallest absolute Gasteiger partial charge is 0.329 e. The summed E-state index contributed by atoms with van der Waals surface area (Å²) in [5.74, 6) is -0.841. The number of aromatic nitrogens is 1. The molecular weight excluding hydrogens is 484 g/mol. The van der Waals surface area contributed by atoms with Crippen LogP contribution < -0.4 is 5.32 Å². The Morgan fingerprint density at radius 1 is 1.00 bits per heavy atom. The average molecular weight is 517 g/mol. The minimum atomic E-state index is -0.864. The highest BCUT2D eigenvalue weighted by Gasteiger charge is 2.25. The minimum absolute atomic E-state index is 0.0289. The van der Waals surface area contributed by atoms with Gasteiger partial charge in [0, 0.05) is 34.1 Å². The molecule has 37 heavy (non-hydrogen) atoms. The Labute approximate surface area is 223 Å². The number of aromatic amines is 1. The van der Waals surface area contributed by atoms with Gasteiger partial charge in [0.25, 0.3) is 5.91 Å². The van der Waals surface area contributed by atoms with E-state index in [1.165, 1.54) is 5.56 Å². The highest BCUT2D eigenvalue weighted by molar-refractivity contribution is 6.30. The molecule has 1 aromatic heterocycles. The summed E-state index contributed by atoms with van der Waals surface area (Å²) < 4.78 is 5.81. The van der Waals surface area contributed by atoms with Gasteiger partial charge in [0.2, 0.25) is 0 Å². The second kappa shape index (κ2) is 10.8. The van der Waals surface area contributed by atoms with E-state index in [1.807, 2.05) is 44.3 Å². The van der Waals surface area contributed by atoms with Crippen molar-refractivity contribution in [2.24, 2.45) is 0 Å². The van der Waals surface area contributed by atoms with Crippen LogP contribution in [-0.4, -0.2) is 22.9 Å². The Kier molecular flexibility index (Phi) is 7.74. The molecule has 0 radical (unpaired) electrons. The van der Waals surface area contributed by atoms with E-state index in [2.05, 4.69) is 43.2 Å². The maximum Gasteiger partial charge on any atom is 0.329 e. The molecular formula is C31H33ClN2O3. The standard InChI is InChI=1S/C31H33ClN2O3/c1-19-14-23(31(3,4)5)15-20(2)26(19)18-37-30(36)28(34-29(35)21-10-12-24(32)13-11-21)16-22-17-33-27-9-7-6-8-25(22)27/h6-15,17,28,33H,16,18H2,1-5H3,(H,34,35). The first-order valence-electron chi connectivity index (χ1n) is 12.4. The van der Waals surface area contributed by atoms with Gasteiger partial charge in [0.05, 0.1) is 0 Å². The van der Waals surface area contributed by atoms with Crippen molar-refractivity contribution < 1.29 is 14.3 Å². The summed E-state index contributed by atoms with van der Waals surface area (Å²) in [4.78, 5) is 29.6. The third-order valence-electron chi connectivity index (χ3n) is 6.72. The van der Waals surface area contributed by atoms with Crippen molar-refractivity contribution in [2.75, 3.05) is 0 Å². The van der Waals surface area contributed by atoms with Crippen LogP contribution in [0.2, 0.25) is 5.02 Å². The van der Waals surface area contributed by atoms with Gasteiger partial charge in [0.15, 0.2) is 0 Å². The first kappa shape index (κ1) is 26.5. The zero-order valence-corrected chi connectivity index (χ0v) is 22.7. The van der Waals surface area contributed by atoms with E-state index < -0.39 is 12.0 Å². The van der Waals surface area contributed by atoms with Gasteiger partial charge >= 0.3 is 5.97 Å². The average Bonchev–Trinajstić information content (AvgIpc) is 3.25. The summed E-state index contributed by atoms with van der Waals surface area (Å²) in [6, 6.07) is 17.9. The number of carbonyl (C=O) groups is 2. The van der Waals surface area contributed by atoms with E-state index in [-0.39, 0.29) is 17.9 Å². The normalized spacial score (nSPS) is 12.4. The summed E-state index contributed by atoms with van der Waals surface area (Å²) in [6.07, 6.45) is 2.17. The highest BCUT2D eigenvalue weighted by atomic mass is 35.5. The summed E-state index contributed by atoms with van der Waals surface area (Å²) in [7, 11) is 0. The van der Waals surface area contributed by atoms with Crippen LogP contribution in [0, 0.1) is 13.8 Å². The van der Waals surface area contributed by atoms with E-state index in [0.717, 1.165) is 33.2 Å². The summed E-state index contributed by atoms with van der Waals surface area (Å²) >= 11 is 5.97. The Hall–Kier alpha value is -3.57. The van der Waals surface area contributed by atoms with Crippen LogP contribution in [0.3, 0.4) is 0 Å². The number of esters is 1. The Morgan fingerprint density at radius 3 is 2.30 bits per heavy atom. The van der Waals surface area contributed by atoms with Gasteiger partial charge in [-0.3, -0.25) is 4.79 Å². The quantitative estimate of drug-likeness (QED) is 0.265. The number of hydrogen-bond acceptors (Lipinski definition) is 3. The third-order valence-corrected chi connectivity index (χ3v) is 6.97. The zero-order valence-electron chi connectivity index (χ0n) is 21.9. The van der Waals surface area contributed by atoms with E-state index in [0.29, 0.717) is 17.0 Å². The van der Waals surface area contributed by atoms with E-state index >= 15 is 0 Å². The van der Waals surface area contributed by atoms with E-state index in [4.69, 9.17) is 16.3 Å². The van der Waals surface area contributed by atoms with Crippen molar-refractivity contribution in [3.05, 3.63) is 105 Å². The van der Waals surface area contributed by atoms with Crippen LogP contribution in [0.1, 0.15) is 58.9 Å². The number of fused-ring (bicyclic) bond motifs is 1. The van der Waals surface area contributed by atoms with Gasteiger partial charge in [0.1, 0.15) is 12.6 Å². The van der Waals surface area contributed by atoms with Crippen molar-refractivity contribution in [2.45, 2.75) is 59.1 Å². The van der Waals surface area contributed by atoms with Gasteiger partial charge in [-0.1, -0.05) is 62.7 Å². The molecule has 4 aromatic rings. The number of carbonyl (C=O) groups excluding carboxylic acids is 2. The lowest BCUT2D eigenvalue weighted by Gasteiger charge is -2.23. The molecule has 0 aliphatic carbocycles. The number of nitrogens with one attached hydrogen (secondary N) is 2. The lowest BCUT2D eigenvalue weighted by molar-refractivity contribution is -0.147. The number of benzene rings is 3. The Bertz CT molecular complexity index is 1410. The molecule has 2 N–H and O–H groups in total. The third kappa shape index (κ3) is 6.23. The molecule has 0 bridgehead atoms. The van der Waals surface area contributed by atoms with Gasteiger partial charge in [-0.15, -0.1) is 0 Å². The number of hydrogen-bond donors (Lipinski definition) is 2. The number of halogens is 1. The number of rotatable bonds is 7. The van der Waals surface area contributed by atoms with E-state index in [9.17, 15) is 9.59 Å². The van der Waals surface area contributed by atoms with Crippen LogP contribution in [0.4, 0.5) is 0 Å². The first-order valence-corrected chi connectivity index (χ1v) is 12.8. The van der Waals surface area contributed by atoms with Crippen LogP contribution in [-0.2, 0) is 28.0 Å². The van der Waals surface area contributed by atoms with Gasteiger partial charge in [-0.25, -0.2) is 4.79 Å². The molecule has 1 heterocycles. The fourth-order valence-electron chi connectivity index (χ4n) is 4.45. The molecule has 3 aromatic carbocycles. The molecule has 6 heteroatoms. The van der Waals surface area contributed by atoms with Crippen molar-refractivity contribution in [3.63, 3.8) is 0 Å².